The number of benzene rings is 1. The average Bonchev–Trinajstić information content (AvgIpc) is 2.92. The van der Waals surface area contributed by atoms with Gasteiger partial charge in [-0.2, -0.15) is 0 Å². The summed E-state index contributed by atoms with van der Waals surface area (Å²) in [7, 11) is 0. The van der Waals surface area contributed by atoms with E-state index in [1.807, 2.05) is 43.5 Å². The fourth-order valence-corrected chi connectivity index (χ4v) is 3.19. The van der Waals surface area contributed by atoms with Crippen LogP contribution in [0.5, 0.6) is 0 Å². The molecule has 2 rings (SSSR count). The molecule has 2 amide bonds. The van der Waals surface area contributed by atoms with Crippen molar-refractivity contribution in [3.05, 3.63) is 50.9 Å². The third kappa shape index (κ3) is 4.94. The van der Waals surface area contributed by atoms with Crippen molar-refractivity contribution >= 4 is 29.0 Å². The smallest absolute Gasteiger partial charge is 0.315 e. The zero-order valence-corrected chi connectivity index (χ0v) is 15.4. The first-order valence-electron chi connectivity index (χ1n) is 7.50. The first kappa shape index (κ1) is 17.8. The van der Waals surface area contributed by atoms with Gasteiger partial charge in [-0.3, -0.25) is 0 Å². The minimum Gasteiger partial charge on any atom is -0.337 e. The third-order valence-corrected chi connectivity index (χ3v) is 5.03. The number of amides is 2. The summed E-state index contributed by atoms with van der Waals surface area (Å²) in [6.45, 7) is 8.54. The summed E-state index contributed by atoms with van der Waals surface area (Å²) in [6.07, 6.45) is 0. The van der Waals surface area contributed by atoms with Gasteiger partial charge in [0.25, 0.3) is 0 Å². The minimum absolute atomic E-state index is 0.108. The second-order valence-electron chi connectivity index (χ2n) is 6.27. The van der Waals surface area contributed by atoms with Crippen LogP contribution in [0.4, 0.5) is 4.79 Å². The largest absolute Gasteiger partial charge is 0.337 e. The van der Waals surface area contributed by atoms with Gasteiger partial charge >= 0.3 is 6.03 Å². The van der Waals surface area contributed by atoms with Crippen LogP contribution in [0.25, 0.3) is 0 Å². The summed E-state index contributed by atoms with van der Waals surface area (Å²) in [5.41, 5.74) is 1.86. The normalized spacial score (nSPS) is 12.7. The molecular formula is C17H22ClN3OS. The number of halogens is 1. The summed E-state index contributed by atoms with van der Waals surface area (Å²) in [6, 6.07) is 7.42. The number of thiazole rings is 1. The Morgan fingerprint density at radius 3 is 2.78 bits per heavy atom. The van der Waals surface area contributed by atoms with Crippen LogP contribution in [0.15, 0.2) is 29.6 Å². The summed E-state index contributed by atoms with van der Waals surface area (Å²) < 4.78 is 0. The standard InChI is InChI=1S/C17H22ClN3OS/c1-11-9-23-15(20-11)12(2)21-16(22)19-10-17(3,4)13-6-5-7-14(18)8-13/h5-9,12H,10H2,1-4H3,(H2,19,21,22). The molecule has 0 bridgehead atoms. The molecule has 4 nitrogen and oxygen atoms in total. The van der Waals surface area contributed by atoms with Crippen LogP contribution < -0.4 is 10.6 Å². The van der Waals surface area contributed by atoms with E-state index in [0.29, 0.717) is 11.6 Å². The summed E-state index contributed by atoms with van der Waals surface area (Å²) in [5.74, 6) is 0. The van der Waals surface area contributed by atoms with Gasteiger partial charge in [0.2, 0.25) is 0 Å². The van der Waals surface area contributed by atoms with Gasteiger partial charge in [0, 0.05) is 28.1 Å². The topological polar surface area (TPSA) is 54.0 Å². The van der Waals surface area contributed by atoms with Crippen LogP contribution in [0, 0.1) is 6.92 Å². The van der Waals surface area contributed by atoms with Crippen LogP contribution in [-0.4, -0.2) is 17.6 Å². The number of urea groups is 1. The maximum absolute atomic E-state index is 12.1. The van der Waals surface area contributed by atoms with E-state index in [-0.39, 0.29) is 17.5 Å². The molecular weight excluding hydrogens is 330 g/mol. The number of hydrogen-bond donors (Lipinski definition) is 2. The fraction of sp³-hybridized carbons (Fsp3) is 0.412. The number of hydrogen-bond acceptors (Lipinski definition) is 3. The number of rotatable bonds is 5. The monoisotopic (exact) mass is 351 g/mol. The Balaban J connectivity index is 1.90. The Morgan fingerprint density at radius 1 is 1.43 bits per heavy atom. The lowest BCUT2D eigenvalue weighted by Gasteiger charge is -2.26. The van der Waals surface area contributed by atoms with Crippen LogP contribution >= 0.6 is 22.9 Å². The van der Waals surface area contributed by atoms with Crippen molar-refractivity contribution < 1.29 is 4.79 Å². The summed E-state index contributed by atoms with van der Waals surface area (Å²) in [5, 5.41) is 9.44. The second kappa shape index (κ2) is 7.32. The predicted molar refractivity (Wildman–Crippen MR) is 96.3 cm³/mol. The number of aromatic nitrogens is 1. The summed E-state index contributed by atoms with van der Waals surface area (Å²) >= 11 is 7.60. The number of carbonyl (C=O) groups is 1. The fourth-order valence-electron chi connectivity index (χ4n) is 2.19. The van der Waals surface area contributed by atoms with Crippen molar-refractivity contribution in [2.75, 3.05) is 6.54 Å². The van der Waals surface area contributed by atoms with Crippen LogP contribution in [-0.2, 0) is 5.41 Å². The lowest BCUT2D eigenvalue weighted by Crippen LogP contribution is -2.43. The Hall–Kier alpha value is -1.59. The van der Waals surface area contributed by atoms with Crippen LogP contribution in [0.1, 0.15) is 43.1 Å². The Kier molecular flexibility index (Phi) is 5.65. The Bertz CT molecular complexity index is 684. The van der Waals surface area contributed by atoms with Gasteiger partial charge in [-0.25, -0.2) is 9.78 Å². The number of nitrogens with one attached hydrogen (secondary N) is 2. The molecule has 2 aromatic rings. The van der Waals surface area contributed by atoms with E-state index in [4.69, 9.17) is 11.6 Å². The van der Waals surface area contributed by atoms with Gasteiger partial charge in [0.15, 0.2) is 0 Å². The molecule has 0 aliphatic rings. The molecule has 0 spiro atoms. The van der Waals surface area contributed by atoms with Gasteiger partial charge in [0.05, 0.1) is 6.04 Å². The minimum atomic E-state index is -0.205. The lowest BCUT2D eigenvalue weighted by atomic mass is 9.85. The second-order valence-corrected chi connectivity index (χ2v) is 7.60. The molecule has 23 heavy (non-hydrogen) atoms. The van der Waals surface area contributed by atoms with Crippen molar-refractivity contribution in [2.24, 2.45) is 0 Å². The van der Waals surface area contributed by atoms with Crippen LogP contribution in [0.2, 0.25) is 5.02 Å². The van der Waals surface area contributed by atoms with E-state index < -0.39 is 0 Å². The van der Waals surface area contributed by atoms with E-state index >= 15 is 0 Å². The van der Waals surface area contributed by atoms with Crippen molar-refractivity contribution in [1.82, 2.24) is 15.6 Å². The zero-order valence-electron chi connectivity index (χ0n) is 13.8. The highest BCUT2D eigenvalue weighted by Crippen LogP contribution is 2.25. The average molecular weight is 352 g/mol. The Labute approximate surface area is 146 Å². The van der Waals surface area contributed by atoms with Crippen molar-refractivity contribution in [1.29, 1.82) is 0 Å². The molecule has 0 aliphatic heterocycles. The number of aryl methyl sites for hydroxylation is 1. The molecule has 0 fully saturated rings. The molecule has 2 N–H and O–H groups in total. The van der Waals surface area contributed by atoms with E-state index in [2.05, 4.69) is 29.5 Å². The van der Waals surface area contributed by atoms with Gasteiger partial charge in [-0.15, -0.1) is 11.3 Å². The molecule has 0 radical (unpaired) electrons. The number of nitrogens with zero attached hydrogens (tertiary/aromatic N) is 1. The maximum atomic E-state index is 12.1. The SMILES string of the molecule is Cc1csc(C(C)NC(=O)NCC(C)(C)c2cccc(Cl)c2)n1. The van der Waals surface area contributed by atoms with Crippen molar-refractivity contribution in [2.45, 2.75) is 39.2 Å². The summed E-state index contributed by atoms with van der Waals surface area (Å²) in [4.78, 5) is 16.5. The molecule has 0 aliphatic carbocycles. The molecule has 1 atom stereocenters. The zero-order chi connectivity index (χ0) is 17.0. The van der Waals surface area contributed by atoms with E-state index in [0.717, 1.165) is 16.3 Å². The van der Waals surface area contributed by atoms with Crippen molar-refractivity contribution in [3.63, 3.8) is 0 Å². The Morgan fingerprint density at radius 2 is 2.17 bits per heavy atom. The molecule has 1 unspecified atom stereocenters. The molecule has 1 heterocycles. The molecule has 6 heteroatoms. The highest BCUT2D eigenvalue weighted by Gasteiger charge is 2.22. The van der Waals surface area contributed by atoms with E-state index in [1.54, 1.807) is 11.3 Å². The number of carbonyl (C=O) groups excluding carboxylic acids is 1. The molecule has 0 saturated carbocycles. The third-order valence-electron chi connectivity index (χ3n) is 3.65. The van der Waals surface area contributed by atoms with E-state index in [1.165, 1.54) is 0 Å². The van der Waals surface area contributed by atoms with Crippen molar-refractivity contribution in [3.8, 4) is 0 Å². The van der Waals surface area contributed by atoms with Gasteiger partial charge < -0.3 is 10.6 Å². The molecule has 0 saturated heterocycles. The highest BCUT2D eigenvalue weighted by atomic mass is 35.5. The van der Waals surface area contributed by atoms with Crippen LogP contribution in [0.3, 0.4) is 0 Å². The first-order valence-corrected chi connectivity index (χ1v) is 8.76. The first-order chi connectivity index (χ1) is 10.8. The molecule has 1 aromatic carbocycles. The highest BCUT2D eigenvalue weighted by molar-refractivity contribution is 7.09. The molecule has 1 aromatic heterocycles. The lowest BCUT2D eigenvalue weighted by molar-refractivity contribution is 0.235. The van der Waals surface area contributed by atoms with Gasteiger partial charge in [-0.05, 0) is 31.5 Å². The maximum Gasteiger partial charge on any atom is 0.315 e. The van der Waals surface area contributed by atoms with E-state index in [9.17, 15) is 4.79 Å². The predicted octanol–water partition coefficient (Wildman–Crippen LogP) is 4.44. The molecule has 124 valence electrons. The quantitative estimate of drug-likeness (QED) is 0.836. The van der Waals surface area contributed by atoms with Gasteiger partial charge in [-0.1, -0.05) is 37.6 Å². The van der Waals surface area contributed by atoms with Gasteiger partial charge in [0.1, 0.15) is 5.01 Å².